The number of para-hydroxylation sites is 1. The van der Waals surface area contributed by atoms with Crippen LogP contribution in [0.25, 0.3) is 10.9 Å². The number of hydrogen-bond donors (Lipinski definition) is 13. The van der Waals surface area contributed by atoms with Gasteiger partial charge in [-0.2, -0.15) is 0 Å². The molecule has 462 valence electrons. The number of unbranched alkanes of at least 4 members (excludes halogenated alkanes) is 2. The average molecular weight is 1180 g/mol. The molecule has 2 aliphatic rings. The van der Waals surface area contributed by atoms with Gasteiger partial charge in [0.25, 0.3) is 0 Å². The number of nitrogens with two attached hydrogens (primary N) is 4. The highest BCUT2D eigenvalue weighted by atomic mass is 16.5. The maximum absolute atomic E-state index is 15.4. The van der Waals surface area contributed by atoms with Crippen LogP contribution >= 0.6 is 0 Å². The van der Waals surface area contributed by atoms with Gasteiger partial charge in [0.1, 0.15) is 42.3 Å². The molecule has 1 saturated heterocycles. The van der Waals surface area contributed by atoms with Gasteiger partial charge in [0.2, 0.25) is 41.4 Å². The molecule has 2 aromatic heterocycles. The Kier molecular flexibility index (Phi) is 25.0. The number of guanidine groups is 1. The fourth-order valence-corrected chi connectivity index (χ4v) is 10.2. The molecule has 0 radical (unpaired) electrons. The third-order valence-electron chi connectivity index (χ3n) is 14.9. The number of ether oxygens (including phenoxy) is 1. The quantitative estimate of drug-likeness (QED) is 0.0156. The van der Waals surface area contributed by atoms with Gasteiger partial charge in [0.05, 0.1) is 32.5 Å². The molecule has 4 heterocycles. The Labute approximate surface area is 493 Å². The summed E-state index contributed by atoms with van der Waals surface area (Å²) in [5.41, 5.74) is 27.0. The second kappa shape index (κ2) is 32.4. The van der Waals surface area contributed by atoms with Gasteiger partial charge < -0.3 is 84.4 Å². The summed E-state index contributed by atoms with van der Waals surface area (Å²) < 4.78 is 5.52. The fourth-order valence-electron chi connectivity index (χ4n) is 10.2. The molecule has 28 nitrogen and oxygen atoms in total. The van der Waals surface area contributed by atoms with E-state index in [0.717, 1.165) is 35.1 Å². The molecule has 9 amide bonds. The monoisotopic (exact) mass is 1180 g/mol. The molecule has 4 aromatic rings. The first-order chi connectivity index (χ1) is 40.7. The number of primary amides is 1. The molecule has 0 aliphatic carbocycles. The summed E-state index contributed by atoms with van der Waals surface area (Å²) >= 11 is 0. The Balaban J connectivity index is 1.35. The van der Waals surface area contributed by atoms with E-state index in [1.807, 2.05) is 55.5 Å². The fraction of sp³-hybridized carbons (Fsp3) is 0.526. The van der Waals surface area contributed by atoms with Crippen LogP contribution in [0.5, 0.6) is 0 Å². The molecule has 2 aliphatic heterocycles. The average Bonchev–Trinajstić information content (AvgIpc) is 3.74. The molecule has 0 bridgehead atoms. The van der Waals surface area contributed by atoms with E-state index in [1.54, 1.807) is 0 Å². The van der Waals surface area contributed by atoms with E-state index < -0.39 is 102 Å². The number of urea groups is 1. The Morgan fingerprint density at radius 3 is 2.01 bits per heavy atom. The zero-order valence-corrected chi connectivity index (χ0v) is 48.5. The Morgan fingerprint density at radius 1 is 0.753 bits per heavy atom. The van der Waals surface area contributed by atoms with Crippen LogP contribution in [0.4, 0.5) is 4.79 Å². The standard InChI is InChI=1S/C57H83N17O11/c1-4-5-12-41(71-57(84)72(2)3)50(78)70-45(29-48(75)76)53(81)69-44(27-36-30-62-33-64-36)52(80)68-43(26-34-16-18-35(19-17-34)31-73-22-24-85-25-23-73)51(79)67-42(15-10-21-63-56(60)61)55(83)74-32-46-38(37-11-6-7-13-39(37)65-46)28-47(74)54(82)66-40(49(59)77)14-8-9-20-58/h6-7,11,13,16-19,30,33,40-45,47,65H,4-5,8-10,12,14-15,20-29,31-32,58H2,1-3H3,(H2,59,77)(H,62,64)(H,66,82)(H,67,79)(H,68,80)(H,69,81)(H,70,78)(H,71,84)(H,75,76)(H4,60,61,63)/t40-,41-,42-,43+,44-,45-,47?/m0/s1. The number of rotatable bonds is 32. The first kappa shape index (κ1) is 65.5. The van der Waals surface area contributed by atoms with Crippen LogP contribution in [-0.4, -0.2) is 190 Å². The van der Waals surface area contributed by atoms with Crippen molar-refractivity contribution >= 4 is 70.2 Å². The molecule has 7 atom stereocenters. The zero-order valence-electron chi connectivity index (χ0n) is 48.5. The smallest absolute Gasteiger partial charge is 0.317 e. The highest BCUT2D eigenvalue weighted by Crippen LogP contribution is 2.31. The number of H-pyrrole nitrogens is 2. The van der Waals surface area contributed by atoms with E-state index in [-0.39, 0.29) is 64.0 Å². The number of carboxylic acids is 1. The number of aliphatic carboxylic acids is 1. The van der Waals surface area contributed by atoms with E-state index >= 15 is 9.59 Å². The molecule has 1 fully saturated rings. The molecule has 2 aromatic carbocycles. The van der Waals surface area contributed by atoms with Gasteiger partial charge in [-0.3, -0.25) is 48.2 Å². The van der Waals surface area contributed by atoms with Crippen molar-refractivity contribution in [3.05, 3.63) is 89.1 Å². The van der Waals surface area contributed by atoms with E-state index in [0.29, 0.717) is 68.9 Å². The predicted molar refractivity (Wildman–Crippen MR) is 314 cm³/mol. The number of amides is 9. The van der Waals surface area contributed by atoms with Crippen molar-refractivity contribution in [2.24, 2.45) is 27.9 Å². The van der Waals surface area contributed by atoms with E-state index in [1.165, 1.54) is 36.4 Å². The number of carbonyl (C=O) groups is 9. The van der Waals surface area contributed by atoms with Gasteiger partial charge >= 0.3 is 12.0 Å². The lowest BCUT2D eigenvalue weighted by Gasteiger charge is -2.38. The maximum atomic E-state index is 15.4. The summed E-state index contributed by atoms with van der Waals surface area (Å²) in [6, 6.07) is 4.67. The van der Waals surface area contributed by atoms with Gasteiger partial charge in [-0.15, -0.1) is 0 Å². The number of aliphatic imine (C=N–C) groups is 1. The Morgan fingerprint density at radius 2 is 1.38 bits per heavy atom. The number of hydrogen-bond acceptors (Lipinski definition) is 14. The molecular formula is C57H83N17O11. The number of aromatic amines is 2. The Bertz CT molecular complexity index is 2940. The number of aromatic nitrogens is 3. The topological polar surface area (TPSA) is 426 Å². The van der Waals surface area contributed by atoms with Crippen molar-refractivity contribution in [3.8, 4) is 0 Å². The SMILES string of the molecule is CCCC[C@H](NC(=O)N(C)C)C(=O)N[C@@H](CC(=O)O)C(=O)N[C@@H](Cc1cnc[nH]1)C(=O)N[C@H](Cc1ccc(CN2CCOCC2)cc1)C(=O)N[C@@H](CCCN=C(N)N)C(=O)N1Cc2[nH]c3ccccc3c2CC1C(=O)N[C@@H](CCCCN)C(N)=O. The molecule has 85 heavy (non-hydrogen) atoms. The van der Waals surface area contributed by atoms with Crippen molar-refractivity contribution < 1.29 is 53.0 Å². The van der Waals surface area contributed by atoms with Crippen molar-refractivity contribution in [1.82, 2.24) is 61.6 Å². The number of imidazole rings is 1. The molecular weight excluding hydrogens is 1100 g/mol. The summed E-state index contributed by atoms with van der Waals surface area (Å²) in [5.74, 6) is -7.44. The third kappa shape index (κ3) is 19.7. The van der Waals surface area contributed by atoms with Crippen LogP contribution in [0.2, 0.25) is 0 Å². The van der Waals surface area contributed by atoms with Gasteiger partial charge in [-0.1, -0.05) is 62.2 Å². The lowest BCUT2D eigenvalue weighted by atomic mass is 9.94. The van der Waals surface area contributed by atoms with Crippen molar-refractivity contribution in [2.75, 3.05) is 53.5 Å². The van der Waals surface area contributed by atoms with Crippen LogP contribution in [0.15, 0.2) is 66.0 Å². The first-order valence-electron chi connectivity index (χ1n) is 28.7. The van der Waals surface area contributed by atoms with Crippen LogP contribution in [0.1, 0.15) is 92.8 Å². The maximum Gasteiger partial charge on any atom is 0.317 e. The van der Waals surface area contributed by atoms with Crippen LogP contribution < -0.4 is 54.8 Å². The van der Waals surface area contributed by atoms with Crippen LogP contribution in [-0.2, 0) is 75.4 Å². The molecule has 28 heteroatoms. The predicted octanol–water partition coefficient (Wildman–Crippen LogP) is -1.14. The van der Waals surface area contributed by atoms with Crippen LogP contribution in [0, 0.1) is 0 Å². The minimum atomic E-state index is -1.75. The zero-order chi connectivity index (χ0) is 61.6. The lowest BCUT2D eigenvalue weighted by Crippen LogP contribution is -2.62. The highest BCUT2D eigenvalue weighted by Gasteiger charge is 2.41. The number of morpholine rings is 1. The van der Waals surface area contributed by atoms with Gasteiger partial charge in [-0.05, 0) is 67.8 Å². The van der Waals surface area contributed by atoms with Crippen molar-refractivity contribution in [3.63, 3.8) is 0 Å². The van der Waals surface area contributed by atoms with Gasteiger partial charge in [0, 0.05) is 88.0 Å². The second-order valence-corrected chi connectivity index (χ2v) is 21.6. The van der Waals surface area contributed by atoms with Gasteiger partial charge in [-0.25, -0.2) is 9.78 Å². The summed E-state index contributed by atoms with van der Waals surface area (Å²) in [6.45, 7) is 5.47. The number of carboxylic acid groups (broad SMARTS) is 1. The number of nitrogens with zero attached hydrogens (tertiary/aromatic N) is 5. The molecule has 1 unspecified atom stereocenters. The number of nitrogens with one attached hydrogen (secondary N) is 8. The van der Waals surface area contributed by atoms with Crippen LogP contribution in [0.3, 0.4) is 0 Å². The largest absolute Gasteiger partial charge is 0.481 e. The molecule has 0 saturated carbocycles. The number of carbonyl (C=O) groups excluding carboxylic acids is 8. The van der Waals surface area contributed by atoms with Crippen molar-refractivity contribution in [2.45, 2.75) is 139 Å². The van der Waals surface area contributed by atoms with E-state index in [2.05, 4.69) is 56.7 Å². The van der Waals surface area contributed by atoms with E-state index in [4.69, 9.17) is 27.7 Å². The molecule has 0 spiro atoms. The molecule has 6 rings (SSSR count). The summed E-state index contributed by atoms with van der Waals surface area (Å²) in [4.78, 5) is 145. The third-order valence-corrected chi connectivity index (χ3v) is 14.9. The van der Waals surface area contributed by atoms with Gasteiger partial charge in [0.15, 0.2) is 5.96 Å². The first-order valence-corrected chi connectivity index (χ1v) is 28.7. The molecule has 17 N–H and O–H groups in total. The van der Waals surface area contributed by atoms with Crippen molar-refractivity contribution in [1.29, 1.82) is 0 Å². The lowest BCUT2D eigenvalue weighted by molar-refractivity contribution is -0.145. The van der Waals surface area contributed by atoms with E-state index in [9.17, 15) is 38.7 Å². The number of benzene rings is 2. The summed E-state index contributed by atoms with van der Waals surface area (Å²) in [5, 5.41) is 26.9. The second-order valence-electron chi connectivity index (χ2n) is 21.6. The summed E-state index contributed by atoms with van der Waals surface area (Å²) in [6.07, 6.45) is 4.10. The number of fused-ring (bicyclic) bond motifs is 3. The minimum absolute atomic E-state index is 0.0208. The Hall–Kier alpha value is -8.63. The minimum Gasteiger partial charge on any atom is -0.481 e. The summed E-state index contributed by atoms with van der Waals surface area (Å²) in [7, 11) is 2.96. The normalized spacial score (nSPS) is 16.2. The highest BCUT2D eigenvalue weighted by molar-refractivity contribution is 5.99.